The molecule has 1 unspecified atom stereocenters. The van der Waals surface area contributed by atoms with E-state index in [-0.39, 0.29) is 38.4 Å². The highest BCUT2D eigenvalue weighted by molar-refractivity contribution is 5.76. The molecule has 0 aromatic carbocycles. The van der Waals surface area contributed by atoms with E-state index in [9.17, 15) is 18.0 Å². The maximum absolute atomic E-state index is 12.2. The zero-order valence-electron chi connectivity index (χ0n) is 7.68. The Labute approximate surface area is 80.0 Å². The predicted octanol–water partition coefficient (Wildman–Crippen LogP) is 0.746. The number of likely N-dealkylation sites (tertiary alicyclic amines) is 1. The van der Waals surface area contributed by atoms with Crippen LogP contribution in [0.25, 0.3) is 0 Å². The van der Waals surface area contributed by atoms with E-state index in [2.05, 4.69) is 0 Å². The summed E-state index contributed by atoms with van der Waals surface area (Å²) in [6, 6.07) is 0. The first-order valence-corrected chi connectivity index (χ1v) is 4.49. The minimum Gasteiger partial charge on any atom is -0.342 e. The summed E-state index contributed by atoms with van der Waals surface area (Å²) in [5, 5.41) is 0. The molecular weight excluding hydrogens is 197 g/mol. The molecule has 1 atom stereocenters. The number of amides is 1. The van der Waals surface area contributed by atoms with Crippen LogP contribution in [0.5, 0.6) is 0 Å². The number of carbonyl (C=O) groups excluding carboxylic acids is 1. The summed E-state index contributed by atoms with van der Waals surface area (Å²) >= 11 is 0. The number of hydrogen-bond donors (Lipinski definition) is 1. The van der Waals surface area contributed by atoms with Crippen molar-refractivity contribution >= 4 is 5.91 Å². The molecule has 0 aliphatic carbocycles. The van der Waals surface area contributed by atoms with Crippen LogP contribution in [0.15, 0.2) is 0 Å². The summed E-state index contributed by atoms with van der Waals surface area (Å²) in [5.74, 6) is -1.64. The van der Waals surface area contributed by atoms with Gasteiger partial charge in [-0.25, -0.2) is 0 Å². The molecule has 82 valence electrons. The molecule has 2 N–H and O–H groups in total. The lowest BCUT2D eigenvalue weighted by molar-refractivity contribution is -0.171. The number of nitrogens with zero attached hydrogens (tertiary/aromatic N) is 1. The highest BCUT2D eigenvalue weighted by Gasteiger charge is 2.44. The second-order valence-electron chi connectivity index (χ2n) is 3.41. The van der Waals surface area contributed by atoms with Crippen LogP contribution in [-0.4, -0.2) is 36.6 Å². The predicted molar refractivity (Wildman–Crippen MR) is 44.4 cm³/mol. The molecule has 0 radical (unpaired) electrons. The van der Waals surface area contributed by atoms with Gasteiger partial charge in [0.15, 0.2) is 0 Å². The molecule has 1 aliphatic rings. The molecule has 0 bridgehead atoms. The molecule has 1 aliphatic heterocycles. The summed E-state index contributed by atoms with van der Waals surface area (Å²) in [4.78, 5) is 12.4. The number of rotatable bonds is 2. The lowest BCUT2D eigenvalue weighted by atomic mass is 10.1. The molecule has 0 spiro atoms. The van der Waals surface area contributed by atoms with Crippen LogP contribution in [0.4, 0.5) is 13.2 Å². The third kappa shape index (κ3) is 2.60. The Bertz CT molecular complexity index is 217. The van der Waals surface area contributed by atoms with E-state index in [0.29, 0.717) is 0 Å². The third-order valence-corrected chi connectivity index (χ3v) is 2.36. The second kappa shape index (κ2) is 4.16. The molecule has 0 aromatic rings. The van der Waals surface area contributed by atoms with Crippen LogP contribution in [0, 0.1) is 5.92 Å². The summed E-state index contributed by atoms with van der Waals surface area (Å²) in [7, 11) is 0. The SMILES string of the molecule is NCCC(=O)N1CCC(C(F)(F)F)C1. The van der Waals surface area contributed by atoms with Crippen LogP contribution in [0.1, 0.15) is 12.8 Å². The van der Waals surface area contributed by atoms with Crippen molar-refractivity contribution < 1.29 is 18.0 Å². The van der Waals surface area contributed by atoms with Crippen molar-refractivity contribution in [3.63, 3.8) is 0 Å². The largest absolute Gasteiger partial charge is 0.393 e. The van der Waals surface area contributed by atoms with Crippen LogP contribution in [-0.2, 0) is 4.79 Å². The Morgan fingerprint density at radius 3 is 2.57 bits per heavy atom. The number of carbonyl (C=O) groups is 1. The van der Waals surface area contributed by atoms with Crippen molar-refractivity contribution in [3.05, 3.63) is 0 Å². The number of halogens is 3. The van der Waals surface area contributed by atoms with Gasteiger partial charge >= 0.3 is 6.18 Å². The quantitative estimate of drug-likeness (QED) is 0.730. The van der Waals surface area contributed by atoms with Gasteiger partial charge < -0.3 is 10.6 Å². The highest BCUT2D eigenvalue weighted by Crippen LogP contribution is 2.33. The van der Waals surface area contributed by atoms with Crippen molar-refractivity contribution in [3.8, 4) is 0 Å². The van der Waals surface area contributed by atoms with Gasteiger partial charge in [0, 0.05) is 26.1 Å². The van der Waals surface area contributed by atoms with Crippen molar-refractivity contribution in [2.45, 2.75) is 19.0 Å². The molecule has 6 heteroatoms. The van der Waals surface area contributed by atoms with Gasteiger partial charge in [-0.2, -0.15) is 13.2 Å². The minimum atomic E-state index is -4.18. The first-order valence-electron chi connectivity index (χ1n) is 4.49. The van der Waals surface area contributed by atoms with E-state index in [4.69, 9.17) is 5.73 Å². The average Bonchev–Trinajstić information content (AvgIpc) is 2.51. The second-order valence-corrected chi connectivity index (χ2v) is 3.41. The number of hydrogen-bond acceptors (Lipinski definition) is 2. The van der Waals surface area contributed by atoms with Crippen molar-refractivity contribution in [2.75, 3.05) is 19.6 Å². The van der Waals surface area contributed by atoms with Crippen LogP contribution < -0.4 is 5.73 Å². The fourth-order valence-electron chi connectivity index (χ4n) is 1.54. The van der Waals surface area contributed by atoms with Crippen molar-refractivity contribution in [1.29, 1.82) is 0 Å². The molecule has 0 aromatic heterocycles. The fraction of sp³-hybridized carbons (Fsp3) is 0.875. The molecule has 14 heavy (non-hydrogen) atoms. The number of nitrogens with two attached hydrogens (primary N) is 1. The average molecular weight is 210 g/mol. The summed E-state index contributed by atoms with van der Waals surface area (Å²) in [6.45, 7) is 0.178. The van der Waals surface area contributed by atoms with E-state index >= 15 is 0 Å². The van der Waals surface area contributed by atoms with E-state index in [1.54, 1.807) is 0 Å². The molecule has 1 amide bonds. The third-order valence-electron chi connectivity index (χ3n) is 2.36. The molecular formula is C8H13F3N2O. The van der Waals surface area contributed by atoms with Crippen molar-refractivity contribution in [2.24, 2.45) is 11.7 Å². The Morgan fingerprint density at radius 1 is 1.50 bits per heavy atom. The molecule has 1 heterocycles. The summed E-state index contributed by atoms with van der Waals surface area (Å²) in [6.07, 6.45) is -4.04. The van der Waals surface area contributed by atoms with Gasteiger partial charge in [0.2, 0.25) is 5.91 Å². The smallest absolute Gasteiger partial charge is 0.342 e. The fourth-order valence-corrected chi connectivity index (χ4v) is 1.54. The van der Waals surface area contributed by atoms with Gasteiger partial charge in [-0.15, -0.1) is 0 Å². The first kappa shape index (κ1) is 11.3. The molecule has 1 saturated heterocycles. The normalized spacial score (nSPS) is 22.9. The van der Waals surface area contributed by atoms with Gasteiger partial charge in [0.05, 0.1) is 5.92 Å². The maximum Gasteiger partial charge on any atom is 0.393 e. The lowest BCUT2D eigenvalue weighted by Crippen LogP contribution is -2.32. The Morgan fingerprint density at radius 2 is 2.14 bits per heavy atom. The van der Waals surface area contributed by atoms with E-state index in [1.165, 1.54) is 4.90 Å². The van der Waals surface area contributed by atoms with Gasteiger partial charge in [-0.05, 0) is 6.42 Å². The van der Waals surface area contributed by atoms with E-state index in [0.717, 1.165) is 0 Å². The molecule has 3 nitrogen and oxygen atoms in total. The first-order chi connectivity index (χ1) is 6.45. The Balaban J connectivity index is 2.45. The minimum absolute atomic E-state index is 0.0137. The number of alkyl halides is 3. The topological polar surface area (TPSA) is 46.3 Å². The summed E-state index contributed by atoms with van der Waals surface area (Å²) < 4.78 is 36.7. The lowest BCUT2D eigenvalue weighted by Gasteiger charge is -2.17. The Kier molecular flexibility index (Phi) is 3.36. The van der Waals surface area contributed by atoms with Gasteiger partial charge in [-0.1, -0.05) is 0 Å². The zero-order chi connectivity index (χ0) is 10.8. The van der Waals surface area contributed by atoms with Gasteiger partial charge in [0.1, 0.15) is 0 Å². The molecule has 1 fully saturated rings. The van der Waals surface area contributed by atoms with E-state index < -0.39 is 12.1 Å². The van der Waals surface area contributed by atoms with E-state index in [1.807, 2.05) is 0 Å². The van der Waals surface area contributed by atoms with Gasteiger partial charge in [-0.3, -0.25) is 4.79 Å². The van der Waals surface area contributed by atoms with Crippen LogP contribution >= 0.6 is 0 Å². The molecule has 1 rings (SSSR count). The Hall–Kier alpha value is -0.780. The highest BCUT2D eigenvalue weighted by atomic mass is 19.4. The van der Waals surface area contributed by atoms with Gasteiger partial charge in [0.25, 0.3) is 0 Å². The van der Waals surface area contributed by atoms with Crippen molar-refractivity contribution in [1.82, 2.24) is 4.90 Å². The van der Waals surface area contributed by atoms with Crippen LogP contribution in [0.2, 0.25) is 0 Å². The monoisotopic (exact) mass is 210 g/mol. The summed E-state index contributed by atoms with van der Waals surface area (Å²) in [5.41, 5.74) is 5.15. The van der Waals surface area contributed by atoms with Crippen LogP contribution in [0.3, 0.4) is 0 Å². The standard InChI is InChI=1S/C8H13F3N2O/c9-8(10,11)6-2-4-13(5-6)7(14)1-3-12/h6H,1-5,12H2. The zero-order valence-corrected chi connectivity index (χ0v) is 7.68. The molecule has 0 saturated carbocycles. The maximum atomic E-state index is 12.2.